The smallest absolute Gasteiger partial charge is 0.0580 e. The van der Waals surface area contributed by atoms with Gasteiger partial charge in [-0.25, -0.2) is 0 Å². The Bertz CT molecular complexity index is 233. The molecule has 1 aliphatic heterocycles. The van der Waals surface area contributed by atoms with E-state index in [2.05, 4.69) is 25.7 Å². The summed E-state index contributed by atoms with van der Waals surface area (Å²) in [5.74, 6) is 2.99. The Hall–Kier alpha value is -0.0800. The molecule has 1 saturated heterocycles. The Balaban J connectivity index is 1.86. The zero-order valence-electron chi connectivity index (χ0n) is 11.7. The lowest BCUT2D eigenvalue weighted by atomic mass is 9.79. The second kappa shape index (κ2) is 5.71. The maximum atomic E-state index is 10.1. The average Bonchev–Trinajstić information content (AvgIpc) is 2.22. The van der Waals surface area contributed by atoms with E-state index in [-0.39, 0.29) is 6.10 Å². The number of hydrogen-bond acceptors (Lipinski definition) is 2. The molecule has 17 heavy (non-hydrogen) atoms. The van der Waals surface area contributed by atoms with Gasteiger partial charge in [-0.05, 0) is 49.4 Å². The van der Waals surface area contributed by atoms with Gasteiger partial charge in [0.2, 0.25) is 0 Å². The molecule has 2 fully saturated rings. The third-order valence-electron chi connectivity index (χ3n) is 4.64. The van der Waals surface area contributed by atoms with Crippen molar-refractivity contribution in [3.05, 3.63) is 0 Å². The van der Waals surface area contributed by atoms with Crippen LogP contribution in [0.2, 0.25) is 0 Å². The third kappa shape index (κ3) is 3.69. The van der Waals surface area contributed by atoms with Crippen LogP contribution < -0.4 is 0 Å². The summed E-state index contributed by atoms with van der Waals surface area (Å²) in [6, 6.07) is 0. The number of aliphatic hydroxyl groups excluding tert-OH is 1. The molecule has 1 heterocycles. The predicted octanol–water partition coefficient (Wildman–Crippen LogP) is 2.76. The summed E-state index contributed by atoms with van der Waals surface area (Å²) < 4.78 is 0. The minimum absolute atomic E-state index is 0.0428. The quantitative estimate of drug-likeness (QED) is 0.801. The molecule has 0 spiro atoms. The summed E-state index contributed by atoms with van der Waals surface area (Å²) in [4.78, 5) is 2.60. The number of hydrogen-bond donors (Lipinski definition) is 1. The van der Waals surface area contributed by atoms with E-state index >= 15 is 0 Å². The van der Waals surface area contributed by atoms with Gasteiger partial charge >= 0.3 is 0 Å². The second-order valence-electron chi connectivity index (χ2n) is 6.91. The molecule has 1 saturated carbocycles. The first-order valence-electron chi connectivity index (χ1n) is 7.45. The van der Waals surface area contributed by atoms with Crippen LogP contribution in [0.3, 0.4) is 0 Å². The number of likely N-dealkylation sites (tertiary alicyclic amines) is 1. The topological polar surface area (TPSA) is 23.5 Å². The fourth-order valence-electron chi connectivity index (χ4n) is 3.95. The van der Waals surface area contributed by atoms with Crippen LogP contribution >= 0.6 is 0 Å². The molecule has 5 unspecified atom stereocenters. The van der Waals surface area contributed by atoms with E-state index in [0.717, 1.165) is 30.7 Å². The monoisotopic (exact) mass is 239 g/mol. The second-order valence-corrected chi connectivity index (χ2v) is 6.91. The van der Waals surface area contributed by atoms with Gasteiger partial charge in [0.1, 0.15) is 0 Å². The van der Waals surface area contributed by atoms with Crippen LogP contribution in [0.15, 0.2) is 0 Å². The number of nitrogens with zero attached hydrogens (tertiary/aromatic N) is 1. The van der Waals surface area contributed by atoms with Crippen molar-refractivity contribution in [2.45, 2.75) is 52.6 Å². The summed E-state index contributed by atoms with van der Waals surface area (Å²) in [6.45, 7) is 10.7. The third-order valence-corrected chi connectivity index (χ3v) is 4.64. The van der Waals surface area contributed by atoms with Gasteiger partial charge in [0.15, 0.2) is 0 Å². The fourth-order valence-corrected chi connectivity index (χ4v) is 3.95. The van der Waals surface area contributed by atoms with Gasteiger partial charge in [0.25, 0.3) is 0 Å². The van der Waals surface area contributed by atoms with Crippen molar-refractivity contribution in [2.75, 3.05) is 19.6 Å². The first-order chi connectivity index (χ1) is 8.04. The van der Waals surface area contributed by atoms with E-state index in [0.29, 0.717) is 5.92 Å². The van der Waals surface area contributed by atoms with Crippen LogP contribution in [0.25, 0.3) is 0 Å². The van der Waals surface area contributed by atoms with Crippen molar-refractivity contribution in [3.63, 3.8) is 0 Å². The maximum absolute atomic E-state index is 10.1. The lowest BCUT2D eigenvalue weighted by molar-refractivity contribution is 0.0169. The zero-order valence-corrected chi connectivity index (χ0v) is 11.7. The predicted molar refractivity (Wildman–Crippen MR) is 71.9 cm³/mol. The molecular weight excluding hydrogens is 210 g/mol. The Morgan fingerprint density at radius 2 is 1.59 bits per heavy atom. The lowest BCUT2D eigenvalue weighted by Crippen LogP contribution is -2.44. The molecular formula is C15H29NO. The fraction of sp³-hybridized carbons (Fsp3) is 1.00. The molecule has 0 bridgehead atoms. The Morgan fingerprint density at radius 1 is 0.941 bits per heavy atom. The highest BCUT2D eigenvalue weighted by Crippen LogP contribution is 2.31. The Kier molecular flexibility index (Phi) is 4.48. The Morgan fingerprint density at radius 3 is 2.24 bits per heavy atom. The molecule has 2 nitrogen and oxygen atoms in total. The minimum Gasteiger partial charge on any atom is -0.393 e. The van der Waals surface area contributed by atoms with Crippen LogP contribution in [0, 0.1) is 23.7 Å². The number of aliphatic hydroxyl groups is 1. The van der Waals surface area contributed by atoms with Crippen LogP contribution in [0.5, 0.6) is 0 Å². The molecule has 2 rings (SSSR count). The lowest BCUT2D eigenvalue weighted by Gasteiger charge is -2.40. The van der Waals surface area contributed by atoms with Crippen LogP contribution in [0.4, 0.5) is 0 Å². The van der Waals surface area contributed by atoms with Crippen molar-refractivity contribution in [3.8, 4) is 0 Å². The summed E-state index contributed by atoms with van der Waals surface area (Å²) in [5, 5.41) is 10.1. The van der Waals surface area contributed by atoms with E-state index in [9.17, 15) is 5.11 Å². The first kappa shape index (κ1) is 13.4. The summed E-state index contributed by atoms with van der Waals surface area (Å²) in [5.41, 5.74) is 0. The van der Waals surface area contributed by atoms with Crippen molar-refractivity contribution >= 4 is 0 Å². The minimum atomic E-state index is -0.0428. The number of piperidine rings is 1. The summed E-state index contributed by atoms with van der Waals surface area (Å²) >= 11 is 0. The van der Waals surface area contributed by atoms with Gasteiger partial charge < -0.3 is 10.0 Å². The van der Waals surface area contributed by atoms with Gasteiger partial charge in [-0.3, -0.25) is 0 Å². The molecule has 2 heteroatoms. The molecule has 1 aliphatic carbocycles. The van der Waals surface area contributed by atoms with Gasteiger partial charge in [-0.15, -0.1) is 0 Å². The molecule has 0 aromatic heterocycles. The highest BCUT2D eigenvalue weighted by Gasteiger charge is 2.30. The highest BCUT2D eigenvalue weighted by atomic mass is 16.3. The van der Waals surface area contributed by atoms with Gasteiger partial charge in [0.05, 0.1) is 6.10 Å². The number of rotatable bonds is 2. The van der Waals surface area contributed by atoms with E-state index in [1.54, 1.807) is 0 Å². The van der Waals surface area contributed by atoms with Crippen molar-refractivity contribution in [1.82, 2.24) is 4.90 Å². The summed E-state index contributed by atoms with van der Waals surface area (Å²) in [7, 11) is 0. The van der Waals surface area contributed by atoms with Gasteiger partial charge in [-0.1, -0.05) is 20.8 Å². The SMILES string of the molecule is CC1CCC(O)C(CN2CC(C)CC(C)C2)C1. The molecule has 2 aliphatic rings. The van der Waals surface area contributed by atoms with Gasteiger partial charge in [0, 0.05) is 19.6 Å². The highest BCUT2D eigenvalue weighted by molar-refractivity contribution is 4.83. The largest absolute Gasteiger partial charge is 0.393 e. The molecule has 0 radical (unpaired) electrons. The van der Waals surface area contributed by atoms with Crippen molar-refractivity contribution < 1.29 is 5.11 Å². The van der Waals surface area contributed by atoms with Crippen molar-refractivity contribution in [2.24, 2.45) is 23.7 Å². The van der Waals surface area contributed by atoms with Crippen LogP contribution in [-0.2, 0) is 0 Å². The normalized spacial score (nSPS) is 44.8. The molecule has 0 amide bonds. The maximum Gasteiger partial charge on any atom is 0.0580 e. The molecule has 0 aromatic carbocycles. The van der Waals surface area contributed by atoms with E-state index in [1.807, 2.05) is 0 Å². The van der Waals surface area contributed by atoms with E-state index < -0.39 is 0 Å². The van der Waals surface area contributed by atoms with Crippen LogP contribution in [-0.4, -0.2) is 35.7 Å². The van der Waals surface area contributed by atoms with Crippen molar-refractivity contribution in [1.29, 1.82) is 0 Å². The molecule has 0 aromatic rings. The van der Waals surface area contributed by atoms with E-state index in [4.69, 9.17) is 0 Å². The first-order valence-corrected chi connectivity index (χ1v) is 7.45. The standard InChI is InChI=1S/C15H29NO/c1-11-4-5-15(17)14(7-11)10-16-8-12(2)6-13(3)9-16/h11-15,17H,4-10H2,1-3H3. The molecule has 1 N–H and O–H groups in total. The average molecular weight is 239 g/mol. The summed E-state index contributed by atoms with van der Waals surface area (Å²) in [6.07, 6.45) is 4.79. The van der Waals surface area contributed by atoms with E-state index in [1.165, 1.54) is 32.4 Å². The molecule has 5 atom stereocenters. The van der Waals surface area contributed by atoms with Gasteiger partial charge in [-0.2, -0.15) is 0 Å². The Labute approximate surface area is 106 Å². The zero-order chi connectivity index (χ0) is 12.4. The van der Waals surface area contributed by atoms with Crippen LogP contribution in [0.1, 0.15) is 46.5 Å². The molecule has 100 valence electrons.